The van der Waals surface area contributed by atoms with E-state index in [1.54, 1.807) is 21.0 Å². The zero-order chi connectivity index (χ0) is 37.4. The molecule has 51 heavy (non-hydrogen) atoms. The molecule has 6 rings (SSSR count). The molecule has 0 heterocycles. The second-order valence-electron chi connectivity index (χ2n) is 19.6. The third-order valence-corrected chi connectivity index (χ3v) is 16.5. The summed E-state index contributed by atoms with van der Waals surface area (Å²) >= 11 is 0. The van der Waals surface area contributed by atoms with E-state index in [-0.39, 0.29) is 45.5 Å². The molecule has 10 atom stereocenters. The number of ether oxygens (including phenoxy) is 2. The van der Waals surface area contributed by atoms with E-state index in [0.717, 1.165) is 69.1 Å². The van der Waals surface area contributed by atoms with Crippen molar-refractivity contribution in [2.24, 2.45) is 62.1 Å². The summed E-state index contributed by atoms with van der Waals surface area (Å²) < 4.78 is 11.5. The van der Waals surface area contributed by atoms with Crippen molar-refractivity contribution in [1.29, 1.82) is 0 Å². The van der Waals surface area contributed by atoms with E-state index in [1.807, 2.05) is 24.3 Å². The van der Waals surface area contributed by atoms with E-state index in [4.69, 9.17) is 9.47 Å². The van der Waals surface area contributed by atoms with Crippen LogP contribution >= 0.6 is 0 Å². The minimum atomic E-state index is -1.15. The average Bonchev–Trinajstić information content (AvgIpc) is 3.46. The molecule has 2 N–H and O–H groups in total. The van der Waals surface area contributed by atoms with Gasteiger partial charge in [0.1, 0.15) is 11.9 Å². The Labute approximate surface area is 307 Å². The molecule has 0 saturated heterocycles. The molecule has 1 aromatic rings. The van der Waals surface area contributed by atoms with E-state index in [2.05, 4.69) is 53.4 Å². The van der Waals surface area contributed by atoms with Gasteiger partial charge in [-0.25, -0.2) is 0 Å². The Balaban J connectivity index is 1.24. The maximum Gasteiger partial charge on any atom is 0.309 e. The van der Waals surface area contributed by atoms with Crippen LogP contribution in [-0.2, 0) is 25.7 Å². The Bertz CT molecular complexity index is 1550. The summed E-state index contributed by atoms with van der Waals surface area (Å²) in [6, 6.07) is 7.99. The van der Waals surface area contributed by atoms with Gasteiger partial charge in [0, 0.05) is 12.0 Å². The highest BCUT2D eigenvalue weighted by Gasteiger charge is 2.72. The number of esters is 1. The van der Waals surface area contributed by atoms with Crippen molar-refractivity contribution in [1.82, 2.24) is 5.32 Å². The molecule has 7 nitrogen and oxygen atoms in total. The molecule has 4 unspecified atom stereocenters. The number of carbonyl (C=O) groups is 3. The number of hydrogen-bond acceptors (Lipinski definition) is 5. The van der Waals surface area contributed by atoms with E-state index in [9.17, 15) is 19.5 Å². The first-order valence-electron chi connectivity index (χ1n) is 19.8. The molecule has 0 spiro atoms. The number of rotatable bonds is 9. The van der Waals surface area contributed by atoms with E-state index >= 15 is 0 Å². The van der Waals surface area contributed by atoms with Crippen LogP contribution in [0.3, 0.4) is 0 Å². The molecule has 5 aliphatic rings. The van der Waals surface area contributed by atoms with Gasteiger partial charge in [-0.05, 0) is 149 Å². The van der Waals surface area contributed by atoms with Crippen LogP contribution in [0, 0.1) is 62.1 Å². The summed E-state index contributed by atoms with van der Waals surface area (Å²) in [7, 11) is 1.67. The fourth-order valence-corrected chi connectivity index (χ4v) is 13.5. The number of hydrogen-bond donors (Lipinski definition) is 2. The summed E-state index contributed by atoms with van der Waals surface area (Å²) in [4.78, 5) is 39.3. The predicted octanol–water partition coefficient (Wildman–Crippen LogP) is 9.38. The third-order valence-electron chi connectivity index (χ3n) is 16.5. The Morgan fingerprint density at radius 2 is 1.57 bits per heavy atom. The molecule has 5 aliphatic carbocycles. The van der Waals surface area contributed by atoms with Crippen LogP contribution in [0.25, 0.3) is 0 Å². The van der Waals surface area contributed by atoms with Crippen LogP contribution < -0.4 is 10.1 Å². The zero-order valence-corrected chi connectivity index (χ0v) is 33.0. The number of fused-ring (bicyclic) bond motifs is 7. The number of amides is 1. The van der Waals surface area contributed by atoms with E-state index in [0.29, 0.717) is 36.1 Å². The summed E-state index contributed by atoms with van der Waals surface area (Å²) in [5.41, 5.74) is 0.964. The summed E-state index contributed by atoms with van der Waals surface area (Å²) in [5, 5.41) is 13.0. The minimum absolute atomic E-state index is 0.113. The number of aliphatic carboxylic acids is 1. The lowest BCUT2D eigenvalue weighted by molar-refractivity contribution is -0.249. The topological polar surface area (TPSA) is 102 Å². The fraction of sp³-hybridized carbons (Fsp3) is 0.750. The number of allylic oxidation sites excluding steroid dienone is 1. The van der Waals surface area contributed by atoms with E-state index < -0.39 is 17.4 Å². The number of carboxylic acids is 1. The standard InChI is InChI=1S/C44H65NO6/c1-27(2)30-17-22-44(37(47)45-26-28-11-13-29(50-10)14-12-28)24-23-42(8)31(36(30)44)15-16-33-41(7)20-19-34(51-35(46)25-39(3,4)38(48)49)40(5,6)32(41)18-21-43(33,42)9/h11-14,30-34,36H,1,15-26H2,2-10H3,(H,45,47)(H,48,49)/t30-,31?,32?,33?,34-,36?,41-,42+,43+,44-/m0/s1. The van der Waals surface area contributed by atoms with Gasteiger partial charge >= 0.3 is 11.9 Å². The van der Waals surface area contributed by atoms with Gasteiger partial charge in [-0.3, -0.25) is 14.4 Å². The van der Waals surface area contributed by atoms with Gasteiger partial charge in [0.2, 0.25) is 5.91 Å². The summed E-state index contributed by atoms with van der Waals surface area (Å²) in [6.45, 7) is 22.8. The van der Waals surface area contributed by atoms with Gasteiger partial charge in [0.15, 0.2) is 0 Å². The lowest BCUT2D eigenvalue weighted by atomic mass is 9.32. The maximum absolute atomic E-state index is 14.5. The Hall–Kier alpha value is -2.83. The normalized spacial score (nSPS) is 39.7. The van der Waals surface area contributed by atoms with Gasteiger partial charge < -0.3 is 19.9 Å². The van der Waals surface area contributed by atoms with Gasteiger partial charge in [0.05, 0.1) is 24.4 Å². The van der Waals surface area contributed by atoms with Gasteiger partial charge in [-0.15, -0.1) is 0 Å². The number of benzene rings is 1. The smallest absolute Gasteiger partial charge is 0.309 e. The van der Waals surface area contributed by atoms with Crippen LogP contribution in [0.5, 0.6) is 5.75 Å². The molecule has 0 aliphatic heterocycles. The van der Waals surface area contributed by atoms with Crippen LogP contribution in [0.4, 0.5) is 0 Å². The van der Waals surface area contributed by atoms with Crippen molar-refractivity contribution in [3.05, 3.63) is 42.0 Å². The SMILES string of the molecule is C=C(C)[C@@H]1CC[C@]2(C(=O)NCc3ccc(OC)cc3)CC[C@]3(C)C(CCC4[C@@]5(C)CC[C@H](OC(=O)CC(C)(C)C(=O)O)C(C)(C)C5CC[C@]43C)C12. The van der Waals surface area contributed by atoms with Crippen molar-refractivity contribution in [3.63, 3.8) is 0 Å². The van der Waals surface area contributed by atoms with Crippen LogP contribution in [0.1, 0.15) is 132 Å². The minimum Gasteiger partial charge on any atom is -0.497 e. The molecule has 282 valence electrons. The summed E-state index contributed by atoms with van der Waals surface area (Å²) in [6.07, 6.45) is 10.0. The molecule has 0 bridgehead atoms. The lowest BCUT2D eigenvalue weighted by Crippen LogP contribution is -2.67. The fourth-order valence-electron chi connectivity index (χ4n) is 13.5. The molecule has 1 aromatic carbocycles. The van der Waals surface area contributed by atoms with Gasteiger partial charge in [0.25, 0.3) is 0 Å². The average molecular weight is 704 g/mol. The molecule has 5 fully saturated rings. The molecular weight excluding hydrogens is 638 g/mol. The number of methoxy groups -OCH3 is 1. The lowest BCUT2D eigenvalue weighted by Gasteiger charge is -2.72. The monoisotopic (exact) mass is 703 g/mol. The molecule has 0 aromatic heterocycles. The van der Waals surface area contributed by atoms with Gasteiger partial charge in [-0.1, -0.05) is 58.9 Å². The van der Waals surface area contributed by atoms with Crippen molar-refractivity contribution in [3.8, 4) is 5.75 Å². The highest BCUT2D eigenvalue weighted by atomic mass is 16.5. The third kappa shape index (κ3) is 5.86. The number of carboxylic acid groups (broad SMARTS) is 1. The quantitative estimate of drug-likeness (QED) is 0.196. The molecule has 5 saturated carbocycles. The first-order chi connectivity index (χ1) is 23.8. The Kier molecular flexibility index (Phi) is 9.61. The Morgan fingerprint density at radius 3 is 2.20 bits per heavy atom. The van der Waals surface area contributed by atoms with Crippen molar-refractivity contribution in [2.45, 2.75) is 139 Å². The van der Waals surface area contributed by atoms with Crippen molar-refractivity contribution < 1.29 is 29.0 Å². The largest absolute Gasteiger partial charge is 0.497 e. The molecular formula is C44H65NO6. The highest BCUT2D eigenvalue weighted by molar-refractivity contribution is 5.84. The van der Waals surface area contributed by atoms with Gasteiger partial charge in [-0.2, -0.15) is 0 Å². The zero-order valence-electron chi connectivity index (χ0n) is 33.0. The Morgan fingerprint density at radius 1 is 0.882 bits per heavy atom. The highest BCUT2D eigenvalue weighted by Crippen LogP contribution is 2.77. The summed E-state index contributed by atoms with van der Waals surface area (Å²) in [5.74, 6) is 1.76. The van der Waals surface area contributed by atoms with Crippen LogP contribution in [0.15, 0.2) is 36.4 Å². The second-order valence-corrected chi connectivity index (χ2v) is 19.6. The number of carbonyl (C=O) groups excluding carboxylic acids is 2. The van der Waals surface area contributed by atoms with Crippen LogP contribution in [-0.4, -0.2) is 36.2 Å². The van der Waals surface area contributed by atoms with Crippen LogP contribution in [0.2, 0.25) is 0 Å². The number of nitrogens with one attached hydrogen (secondary N) is 1. The first-order valence-corrected chi connectivity index (χ1v) is 19.8. The molecule has 0 radical (unpaired) electrons. The van der Waals surface area contributed by atoms with Crippen molar-refractivity contribution >= 4 is 17.8 Å². The van der Waals surface area contributed by atoms with Crippen molar-refractivity contribution in [2.75, 3.05) is 7.11 Å². The maximum atomic E-state index is 14.5. The second kappa shape index (κ2) is 12.9. The first kappa shape index (κ1) is 37.9. The predicted molar refractivity (Wildman–Crippen MR) is 200 cm³/mol. The molecule has 1 amide bonds. The molecule has 7 heteroatoms. The van der Waals surface area contributed by atoms with E-state index in [1.165, 1.54) is 12.0 Å².